The first kappa shape index (κ1) is 10.1. The van der Waals surface area contributed by atoms with Crippen LogP contribution in [0.25, 0.3) is 0 Å². The van der Waals surface area contributed by atoms with E-state index in [1.54, 1.807) is 11.8 Å². The lowest BCUT2D eigenvalue weighted by Gasteiger charge is -2.05. The molecule has 0 N–H and O–H groups in total. The van der Waals surface area contributed by atoms with Crippen molar-refractivity contribution < 1.29 is 0 Å². The van der Waals surface area contributed by atoms with Gasteiger partial charge in [-0.05, 0) is 23.6 Å². The number of hydrogen-bond donors (Lipinski definition) is 0. The highest BCUT2D eigenvalue weighted by Gasteiger charge is 1.98. The SMILES string of the molecule is CC(C)c1ccc(SCC#N)cc1. The summed E-state index contributed by atoms with van der Waals surface area (Å²) in [5.74, 6) is 1.11. The second-order valence-electron chi connectivity index (χ2n) is 3.17. The first-order valence-corrected chi connectivity index (χ1v) is 5.32. The van der Waals surface area contributed by atoms with E-state index in [1.807, 2.05) is 0 Å². The third-order valence-corrected chi connectivity index (χ3v) is 2.73. The summed E-state index contributed by atoms with van der Waals surface area (Å²) < 4.78 is 0. The molecule has 1 nitrogen and oxygen atoms in total. The van der Waals surface area contributed by atoms with Crippen LogP contribution in [0.4, 0.5) is 0 Å². The Kier molecular flexibility index (Phi) is 3.85. The molecule has 0 aromatic heterocycles. The molecular weight excluding hydrogens is 178 g/mol. The zero-order valence-corrected chi connectivity index (χ0v) is 8.77. The van der Waals surface area contributed by atoms with Crippen LogP contribution < -0.4 is 0 Å². The number of thioether (sulfide) groups is 1. The summed E-state index contributed by atoms with van der Waals surface area (Å²) in [4.78, 5) is 1.17. The third kappa shape index (κ3) is 3.12. The summed E-state index contributed by atoms with van der Waals surface area (Å²) in [6.45, 7) is 4.36. The molecule has 0 aliphatic heterocycles. The smallest absolute Gasteiger partial charge is 0.0855 e. The average molecular weight is 191 g/mol. The van der Waals surface area contributed by atoms with Gasteiger partial charge in [0.1, 0.15) is 0 Å². The van der Waals surface area contributed by atoms with Crippen molar-refractivity contribution in [3.05, 3.63) is 29.8 Å². The van der Waals surface area contributed by atoms with Crippen molar-refractivity contribution in [2.24, 2.45) is 0 Å². The van der Waals surface area contributed by atoms with Gasteiger partial charge in [-0.3, -0.25) is 0 Å². The lowest BCUT2D eigenvalue weighted by Crippen LogP contribution is -1.85. The molecule has 68 valence electrons. The molecule has 1 aromatic carbocycles. The number of benzene rings is 1. The Labute approximate surface area is 83.8 Å². The van der Waals surface area contributed by atoms with Crippen LogP contribution >= 0.6 is 11.8 Å². The monoisotopic (exact) mass is 191 g/mol. The summed E-state index contributed by atoms with van der Waals surface area (Å²) >= 11 is 1.58. The molecule has 0 bridgehead atoms. The Balaban J connectivity index is 2.65. The highest BCUT2D eigenvalue weighted by molar-refractivity contribution is 7.99. The maximum atomic E-state index is 8.40. The molecule has 0 amide bonds. The van der Waals surface area contributed by atoms with Crippen LogP contribution in [0.5, 0.6) is 0 Å². The Morgan fingerprint density at radius 2 is 1.92 bits per heavy atom. The first-order valence-electron chi connectivity index (χ1n) is 4.33. The van der Waals surface area contributed by atoms with E-state index in [4.69, 9.17) is 5.26 Å². The van der Waals surface area contributed by atoms with Crippen LogP contribution in [0.15, 0.2) is 29.2 Å². The van der Waals surface area contributed by atoms with E-state index in [0.29, 0.717) is 11.7 Å². The first-order chi connectivity index (χ1) is 6.24. The van der Waals surface area contributed by atoms with Gasteiger partial charge in [0.15, 0.2) is 0 Å². The molecule has 0 spiro atoms. The summed E-state index contributed by atoms with van der Waals surface area (Å²) in [7, 11) is 0. The van der Waals surface area contributed by atoms with E-state index >= 15 is 0 Å². The van der Waals surface area contributed by atoms with E-state index in [9.17, 15) is 0 Å². The van der Waals surface area contributed by atoms with Crippen molar-refractivity contribution in [3.63, 3.8) is 0 Å². The average Bonchev–Trinajstić information content (AvgIpc) is 2.15. The highest BCUT2D eigenvalue weighted by Crippen LogP contribution is 2.21. The number of rotatable bonds is 3. The largest absolute Gasteiger partial charge is 0.197 e. The molecule has 0 atom stereocenters. The number of nitrogens with zero attached hydrogens (tertiary/aromatic N) is 1. The van der Waals surface area contributed by atoms with Gasteiger partial charge in [0.05, 0.1) is 11.8 Å². The van der Waals surface area contributed by atoms with E-state index in [2.05, 4.69) is 44.2 Å². The second-order valence-corrected chi connectivity index (χ2v) is 4.22. The number of nitriles is 1. The van der Waals surface area contributed by atoms with Gasteiger partial charge in [0.25, 0.3) is 0 Å². The highest BCUT2D eigenvalue weighted by atomic mass is 32.2. The minimum atomic E-state index is 0.529. The predicted molar refractivity (Wildman–Crippen MR) is 56.9 cm³/mol. The quantitative estimate of drug-likeness (QED) is 0.683. The molecule has 1 rings (SSSR count). The van der Waals surface area contributed by atoms with Crippen molar-refractivity contribution >= 4 is 11.8 Å². The predicted octanol–water partition coefficient (Wildman–Crippen LogP) is 3.43. The van der Waals surface area contributed by atoms with Crippen LogP contribution in [0.1, 0.15) is 25.3 Å². The Morgan fingerprint density at radius 1 is 1.31 bits per heavy atom. The lowest BCUT2D eigenvalue weighted by atomic mass is 10.0. The molecule has 0 saturated carbocycles. The summed E-state index contributed by atoms with van der Waals surface area (Å²) in [6.07, 6.45) is 0. The van der Waals surface area contributed by atoms with Gasteiger partial charge in [-0.25, -0.2) is 0 Å². The fourth-order valence-corrected chi connectivity index (χ4v) is 1.62. The molecule has 0 fully saturated rings. The van der Waals surface area contributed by atoms with Crippen LogP contribution in [0.3, 0.4) is 0 Å². The lowest BCUT2D eigenvalue weighted by molar-refractivity contribution is 0.865. The van der Waals surface area contributed by atoms with Gasteiger partial charge in [-0.15, -0.1) is 11.8 Å². The van der Waals surface area contributed by atoms with Gasteiger partial charge in [-0.2, -0.15) is 5.26 Å². The van der Waals surface area contributed by atoms with E-state index in [0.717, 1.165) is 0 Å². The molecule has 0 saturated heterocycles. The fourth-order valence-electron chi connectivity index (χ4n) is 1.06. The molecule has 0 heterocycles. The Hall–Kier alpha value is -0.940. The van der Waals surface area contributed by atoms with Crippen LogP contribution in [0, 0.1) is 11.3 Å². The Bertz CT molecular complexity index is 295. The minimum absolute atomic E-state index is 0.529. The molecule has 0 radical (unpaired) electrons. The summed E-state index contributed by atoms with van der Waals surface area (Å²) in [6, 6.07) is 10.5. The standard InChI is InChI=1S/C11H13NS/c1-9(2)10-3-5-11(6-4-10)13-8-7-12/h3-6,9H,8H2,1-2H3. The van der Waals surface area contributed by atoms with Crippen LogP contribution in [-0.4, -0.2) is 5.75 Å². The normalized spacial score (nSPS) is 10.0. The van der Waals surface area contributed by atoms with Crippen molar-refractivity contribution in [2.75, 3.05) is 5.75 Å². The van der Waals surface area contributed by atoms with E-state index in [1.165, 1.54) is 10.5 Å². The topological polar surface area (TPSA) is 23.8 Å². The molecular formula is C11H13NS. The molecule has 13 heavy (non-hydrogen) atoms. The van der Waals surface area contributed by atoms with Crippen molar-refractivity contribution in [2.45, 2.75) is 24.7 Å². The maximum Gasteiger partial charge on any atom is 0.0855 e. The third-order valence-electron chi connectivity index (χ3n) is 1.85. The van der Waals surface area contributed by atoms with Crippen molar-refractivity contribution in [1.29, 1.82) is 5.26 Å². The molecule has 0 aliphatic carbocycles. The van der Waals surface area contributed by atoms with Gasteiger partial charge in [0, 0.05) is 4.90 Å². The summed E-state index contributed by atoms with van der Waals surface area (Å²) in [5, 5.41) is 8.40. The Morgan fingerprint density at radius 3 is 2.38 bits per heavy atom. The molecule has 1 aromatic rings. The minimum Gasteiger partial charge on any atom is -0.197 e. The van der Waals surface area contributed by atoms with Crippen LogP contribution in [0.2, 0.25) is 0 Å². The van der Waals surface area contributed by atoms with Gasteiger partial charge >= 0.3 is 0 Å². The van der Waals surface area contributed by atoms with E-state index in [-0.39, 0.29) is 0 Å². The zero-order chi connectivity index (χ0) is 9.68. The second kappa shape index (κ2) is 4.94. The fraction of sp³-hybridized carbons (Fsp3) is 0.364. The van der Waals surface area contributed by atoms with Crippen LogP contribution in [-0.2, 0) is 0 Å². The maximum absolute atomic E-state index is 8.40. The van der Waals surface area contributed by atoms with Gasteiger partial charge < -0.3 is 0 Å². The van der Waals surface area contributed by atoms with Crippen molar-refractivity contribution in [3.8, 4) is 6.07 Å². The zero-order valence-electron chi connectivity index (χ0n) is 7.95. The van der Waals surface area contributed by atoms with Crippen molar-refractivity contribution in [1.82, 2.24) is 0 Å². The molecule has 2 heteroatoms. The number of hydrogen-bond acceptors (Lipinski definition) is 2. The van der Waals surface area contributed by atoms with Gasteiger partial charge in [-0.1, -0.05) is 26.0 Å². The van der Waals surface area contributed by atoms with Gasteiger partial charge in [0.2, 0.25) is 0 Å². The molecule has 0 aliphatic rings. The summed E-state index contributed by atoms with van der Waals surface area (Å²) in [5.41, 5.74) is 1.35. The van der Waals surface area contributed by atoms with E-state index < -0.39 is 0 Å². The molecule has 0 unspecified atom stereocenters.